The molecule has 0 aromatic carbocycles. The molecule has 1 aromatic heterocycles. The molecule has 17 heavy (non-hydrogen) atoms. The van der Waals surface area contributed by atoms with Gasteiger partial charge in [-0.25, -0.2) is 4.79 Å². The smallest absolute Gasteiger partial charge is 0.358 e. The average Bonchev–Trinajstić information content (AvgIpc) is 2.64. The molecular formula is C12H18N2O3. The number of carboxylic acid groups (broad SMARTS) is 1. The van der Waals surface area contributed by atoms with E-state index in [-0.39, 0.29) is 5.69 Å². The fraction of sp³-hybridized carbons (Fsp3) is 0.667. The van der Waals surface area contributed by atoms with Crippen LogP contribution in [0.4, 0.5) is 0 Å². The largest absolute Gasteiger partial charge is 0.476 e. The summed E-state index contributed by atoms with van der Waals surface area (Å²) in [6, 6.07) is 0.500. The van der Waals surface area contributed by atoms with Gasteiger partial charge in [0.2, 0.25) is 0 Å². The number of piperidine rings is 1. The number of aromatic carboxylic acids is 1. The Bertz CT molecular complexity index is 414. The first kappa shape index (κ1) is 12.1. The van der Waals surface area contributed by atoms with E-state index < -0.39 is 5.97 Å². The molecule has 5 nitrogen and oxygen atoms in total. The minimum Gasteiger partial charge on any atom is -0.476 e. The van der Waals surface area contributed by atoms with Crippen LogP contribution in [0.3, 0.4) is 0 Å². The van der Waals surface area contributed by atoms with Crippen LogP contribution in [0.15, 0.2) is 4.52 Å². The highest BCUT2D eigenvalue weighted by Gasteiger charge is 2.24. The monoisotopic (exact) mass is 238 g/mol. The van der Waals surface area contributed by atoms with Gasteiger partial charge in [0, 0.05) is 18.2 Å². The van der Waals surface area contributed by atoms with Crippen LogP contribution in [0.5, 0.6) is 0 Å². The molecule has 0 radical (unpaired) electrons. The highest BCUT2D eigenvalue weighted by molar-refractivity contribution is 5.87. The van der Waals surface area contributed by atoms with Crippen LogP contribution in [-0.4, -0.2) is 33.7 Å². The first-order valence-electron chi connectivity index (χ1n) is 6.02. The van der Waals surface area contributed by atoms with Gasteiger partial charge in [0.25, 0.3) is 0 Å². The minimum atomic E-state index is -1.01. The Kier molecular flexibility index (Phi) is 3.47. The number of hydrogen-bond acceptors (Lipinski definition) is 4. The second-order valence-electron chi connectivity index (χ2n) is 4.69. The van der Waals surface area contributed by atoms with E-state index >= 15 is 0 Å². The van der Waals surface area contributed by atoms with Gasteiger partial charge in [0.05, 0.1) is 0 Å². The molecule has 1 aliphatic heterocycles. The van der Waals surface area contributed by atoms with E-state index in [0.29, 0.717) is 23.9 Å². The van der Waals surface area contributed by atoms with Crippen molar-refractivity contribution in [1.82, 2.24) is 10.1 Å². The molecule has 0 amide bonds. The van der Waals surface area contributed by atoms with Crippen molar-refractivity contribution in [3.8, 4) is 0 Å². The molecule has 1 aliphatic rings. The van der Waals surface area contributed by atoms with Gasteiger partial charge in [-0.3, -0.25) is 4.90 Å². The molecule has 5 heteroatoms. The molecule has 0 bridgehead atoms. The van der Waals surface area contributed by atoms with Crippen LogP contribution in [0.25, 0.3) is 0 Å². The number of aromatic nitrogens is 1. The van der Waals surface area contributed by atoms with Crippen LogP contribution in [0.2, 0.25) is 0 Å². The van der Waals surface area contributed by atoms with Gasteiger partial charge in [-0.2, -0.15) is 0 Å². The number of nitrogens with zero attached hydrogens (tertiary/aromatic N) is 2. The zero-order valence-corrected chi connectivity index (χ0v) is 10.3. The summed E-state index contributed by atoms with van der Waals surface area (Å²) in [6.07, 6.45) is 3.61. The van der Waals surface area contributed by atoms with Crippen molar-refractivity contribution in [2.24, 2.45) is 0 Å². The maximum atomic E-state index is 11.0. The van der Waals surface area contributed by atoms with E-state index in [1.54, 1.807) is 6.92 Å². The standard InChI is InChI=1S/C12H18N2O3/c1-8-5-3-4-6-14(8)7-10-9(2)17-13-11(10)12(15)16/h8H,3-7H2,1-2H3,(H,15,16)/t8-/m0/s1. The molecular weight excluding hydrogens is 220 g/mol. The second-order valence-corrected chi connectivity index (χ2v) is 4.69. The third kappa shape index (κ3) is 2.49. The highest BCUT2D eigenvalue weighted by atomic mass is 16.5. The van der Waals surface area contributed by atoms with Crippen molar-refractivity contribution in [1.29, 1.82) is 0 Å². The highest BCUT2D eigenvalue weighted by Crippen LogP contribution is 2.22. The number of rotatable bonds is 3. The Morgan fingerprint density at radius 3 is 3.00 bits per heavy atom. The predicted octanol–water partition coefficient (Wildman–Crippen LogP) is 2.06. The summed E-state index contributed by atoms with van der Waals surface area (Å²) in [5, 5.41) is 12.6. The molecule has 1 atom stereocenters. The van der Waals surface area contributed by atoms with Gasteiger partial charge >= 0.3 is 5.97 Å². The molecule has 2 rings (SSSR count). The van der Waals surface area contributed by atoms with E-state index in [1.165, 1.54) is 19.3 Å². The lowest BCUT2D eigenvalue weighted by Crippen LogP contribution is -2.37. The van der Waals surface area contributed by atoms with Crippen LogP contribution in [0, 0.1) is 6.92 Å². The van der Waals surface area contributed by atoms with E-state index in [9.17, 15) is 4.79 Å². The van der Waals surface area contributed by atoms with Crippen molar-refractivity contribution >= 4 is 5.97 Å². The van der Waals surface area contributed by atoms with Crippen LogP contribution in [0.1, 0.15) is 48.0 Å². The number of hydrogen-bond donors (Lipinski definition) is 1. The molecule has 0 spiro atoms. The van der Waals surface area contributed by atoms with Gasteiger partial charge in [0.1, 0.15) is 5.76 Å². The van der Waals surface area contributed by atoms with Gasteiger partial charge in [0.15, 0.2) is 5.69 Å². The molecule has 0 saturated carbocycles. The normalized spacial score (nSPS) is 21.6. The predicted molar refractivity (Wildman–Crippen MR) is 61.9 cm³/mol. The minimum absolute atomic E-state index is 0.0558. The van der Waals surface area contributed by atoms with Crippen LogP contribution in [-0.2, 0) is 6.54 Å². The summed E-state index contributed by atoms with van der Waals surface area (Å²) in [7, 11) is 0. The van der Waals surface area contributed by atoms with E-state index in [4.69, 9.17) is 9.63 Å². The third-order valence-electron chi connectivity index (χ3n) is 3.49. The van der Waals surface area contributed by atoms with Gasteiger partial charge in [-0.1, -0.05) is 11.6 Å². The Morgan fingerprint density at radius 2 is 2.35 bits per heavy atom. The number of carboxylic acids is 1. The van der Waals surface area contributed by atoms with E-state index in [1.807, 2.05) is 0 Å². The first-order chi connectivity index (χ1) is 8.09. The fourth-order valence-corrected chi connectivity index (χ4v) is 2.34. The summed E-state index contributed by atoms with van der Waals surface area (Å²) >= 11 is 0. The Balaban J connectivity index is 2.17. The summed E-state index contributed by atoms with van der Waals surface area (Å²) in [5.41, 5.74) is 0.770. The van der Waals surface area contributed by atoms with Crippen molar-refractivity contribution < 1.29 is 14.4 Å². The van der Waals surface area contributed by atoms with Crippen LogP contribution >= 0.6 is 0 Å². The number of carbonyl (C=O) groups is 1. The van der Waals surface area contributed by atoms with Gasteiger partial charge in [-0.15, -0.1) is 0 Å². The number of aryl methyl sites for hydroxylation is 1. The van der Waals surface area contributed by atoms with Crippen molar-refractivity contribution in [2.75, 3.05) is 6.54 Å². The van der Waals surface area contributed by atoms with Crippen molar-refractivity contribution in [3.05, 3.63) is 17.0 Å². The molecule has 1 fully saturated rings. The Hall–Kier alpha value is -1.36. The first-order valence-corrected chi connectivity index (χ1v) is 6.02. The molecule has 0 unspecified atom stereocenters. The average molecular weight is 238 g/mol. The molecule has 2 heterocycles. The molecule has 94 valence electrons. The quantitative estimate of drug-likeness (QED) is 0.873. The Labute approximate surface area is 100 Å². The molecule has 1 aromatic rings. The van der Waals surface area contributed by atoms with E-state index in [0.717, 1.165) is 6.54 Å². The SMILES string of the molecule is Cc1onc(C(=O)O)c1CN1CCCC[C@@H]1C. The lowest BCUT2D eigenvalue weighted by molar-refractivity contribution is 0.0682. The zero-order valence-electron chi connectivity index (χ0n) is 10.3. The van der Waals surface area contributed by atoms with E-state index in [2.05, 4.69) is 17.0 Å². The van der Waals surface area contributed by atoms with Crippen molar-refractivity contribution in [3.63, 3.8) is 0 Å². The van der Waals surface area contributed by atoms with Crippen molar-refractivity contribution in [2.45, 2.75) is 45.7 Å². The summed E-state index contributed by atoms with van der Waals surface area (Å²) in [5.74, 6) is -0.401. The zero-order chi connectivity index (χ0) is 12.4. The molecule has 0 aliphatic carbocycles. The summed E-state index contributed by atoms with van der Waals surface area (Å²) < 4.78 is 4.98. The van der Waals surface area contributed by atoms with Crippen LogP contribution < -0.4 is 0 Å². The van der Waals surface area contributed by atoms with Gasteiger partial charge < -0.3 is 9.63 Å². The topological polar surface area (TPSA) is 66.6 Å². The lowest BCUT2D eigenvalue weighted by Gasteiger charge is -2.33. The second kappa shape index (κ2) is 4.87. The number of likely N-dealkylation sites (tertiary alicyclic amines) is 1. The van der Waals surface area contributed by atoms with Gasteiger partial charge in [-0.05, 0) is 33.2 Å². The third-order valence-corrected chi connectivity index (χ3v) is 3.49. The maximum Gasteiger partial charge on any atom is 0.358 e. The summed E-state index contributed by atoms with van der Waals surface area (Å²) in [6.45, 7) is 5.59. The maximum absolute atomic E-state index is 11.0. The lowest BCUT2D eigenvalue weighted by atomic mass is 10.0. The molecule has 1 saturated heterocycles. The Morgan fingerprint density at radius 1 is 1.59 bits per heavy atom. The fourth-order valence-electron chi connectivity index (χ4n) is 2.34. The molecule has 1 N–H and O–H groups in total. The summed E-state index contributed by atoms with van der Waals surface area (Å²) in [4.78, 5) is 13.3.